The third-order valence-electron chi connectivity index (χ3n) is 3.55. The number of aromatic hydroxyl groups is 1. The van der Waals surface area contributed by atoms with Gasteiger partial charge in [-0.1, -0.05) is 28.1 Å². The number of H-pyrrole nitrogens is 1. The molecule has 5 heteroatoms. The van der Waals surface area contributed by atoms with Crippen LogP contribution in [-0.4, -0.2) is 10.1 Å². The highest BCUT2D eigenvalue weighted by Gasteiger charge is 2.11. The van der Waals surface area contributed by atoms with Gasteiger partial charge in [0, 0.05) is 9.86 Å². The Balaban J connectivity index is 2.09. The van der Waals surface area contributed by atoms with E-state index in [2.05, 4.69) is 31.1 Å². The van der Waals surface area contributed by atoms with Crippen LogP contribution in [-0.2, 0) is 0 Å². The van der Waals surface area contributed by atoms with Crippen LogP contribution >= 0.6 is 15.9 Å². The van der Waals surface area contributed by atoms with E-state index in [4.69, 9.17) is 0 Å². The molecular weight excluding hydrogens is 330 g/mol. The Morgan fingerprint density at radius 2 is 1.90 bits per heavy atom. The molecular formula is C16H14BrN3O. The quantitative estimate of drug-likeness (QED) is 0.578. The molecule has 0 aliphatic rings. The van der Waals surface area contributed by atoms with Crippen molar-refractivity contribution in [2.75, 3.05) is 0 Å². The minimum absolute atomic E-state index is 0.0251. The Hall–Kier alpha value is -2.14. The fourth-order valence-electron chi connectivity index (χ4n) is 2.18. The zero-order valence-electron chi connectivity index (χ0n) is 11.7. The van der Waals surface area contributed by atoms with Crippen molar-refractivity contribution in [3.63, 3.8) is 0 Å². The Bertz CT molecular complexity index is 852. The summed E-state index contributed by atoms with van der Waals surface area (Å²) in [6.07, 6.45) is 0. The number of aromatic amines is 1. The Morgan fingerprint density at radius 3 is 2.71 bits per heavy atom. The molecule has 1 heterocycles. The summed E-state index contributed by atoms with van der Waals surface area (Å²) in [6, 6.07) is 11.6. The molecule has 2 N–H and O–H groups in total. The first-order valence-electron chi connectivity index (χ1n) is 6.54. The summed E-state index contributed by atoms with van der Waals surface area (Å²) < 4.78 is 0.928. The number of azo groups is 1. The first kappa shape index (κ1) is 13.8. The highest BCUT2D eigenvalue weighted by Crippen LogP contribution is 2.37. The van der Waals surface area contributed by atoms with Crippen LogP contribution in [0, 0.1) is 13.8 Å². The molecule has 0 saturated carbocycles. The number of halogens is 1. The van der Waals surface area contributed by atoms with Gasteiger partial charge >= 0.3 is 0 Å². The zero-order chi connectivity index (χ0) is 15.0. The first-order chi connectivity index (χ1) is 10.1. The first-order valence-corrected chi connectivity index (χ1v) is 7.33. The molecule has 0 fully saturated rings. The van der Waals surface area contributed by atoms with Crippen molar-refractivity contribution in [3.05, 3.63) is 52.0 Å². The molecule has 3 rings (SSSR count). The van der Waals surface area contributed by atoms with Crippen LogP contribution < -0.4 is 0 Å². The SMILES string of the molecule is Cc1cccc(N=Nc2c(O)[nH]c3ccc(Br)cc23)c1C. The van der Waals surface area contributed by atoms with Crippen LogP contribution in [0.2, 0.25) is 0 Å². The molecule has 4 nitrogen and oxygen atoms in total. The van der Waals surface area contributed by atoms with Gasteiger partial charge in [0.1, 0.15) is 0 Å². The van der Waals surface area contributed by atoms with Crippen molar-refractivity contribution < 1.29 is 5.11 Å². The number of aromatic nitrogens is 1. The zero-order valence-corrected chi connectivity index (χ0v) is 13.3. The van der Waals surface area contributed by atoms with Crippen LogP contribution in [0.4, 0.5) is 11.4 Å². The van der Waals surface area contributed by atoms with Crippen molar-refractivity contribution in [3.8, 4) is 5.88 Å². The number of nitrogens with zero attached hydrogens (tertiary/aromatic N) is 2. The Kier molecular flexibility index (Phi) is 3.51. The molecule has 0 aliphatic carbocycles. The van der Waals surface area contributed by atoms with Crippen LogP contribution in [0.5, 0.6) is 5.88 Å². The summed E-state index contributed by atoms with van der Waals surface area (Å²) in [5.74, 6) is 0.0251. The van der Waals surface area contributed by atoms with Gasteiger partial charge in [-0.3, -0.25) is 0 Å². The molecule has 0 aliphatic heterocycles. The van der Waals surface area contributed by atoms with Crippen LogP contribution in [0.3, 0.4) is 0 Å². The Labute approximate surface area is 130 Å². The molecule has 0 unspecified atom stereocenters. The van der Waals surface area contributed by atoms with Gasteiger partial charge in [-0.05, 0) is 49.2 Å². The maximum absolute atomic E-state index is 10.0. The fraction of sp³-hybridized carbons (Fsp3) is 0.125. The maximum Gasteiger partial charge on any atom is 0.218 e. The summed E-state index contributed by atoms with van der Waals surface area (Å²) in [5, 5.41) is 19.3. The molecule has 0 atom stereocenters. The highest BCUT2D eigenvalue weighted by molar-refractivity contribution is 9.10. The second-order valence-corrected chi connectivity index (χ2v) is 5.85. The lowest BCUT2D eigenvalue weighted by atomic mass is 10.1. The number of hydrogen-bond acceptors (Lipinski definition) is 3. The number of nitrogens with one attached hydrogen (secondary N) is 1. The van der Waals surface area contributed by atoms with Gasteiger partial charge in [-0.25, -0.2) is 0 Å². The molecule has 0 bridgehead atoms. The van der Waals surface area contributed by atoms with Crippen LogP contribution in [0.25, 0.3) is 10.9 Å². The van der Waals surface area contributed by atoms with Crippen LogP contribution in [0.1, 0.15) is 11.1 Å². The van der Waals surface area contributed by atoms with Crippen molar-refractivity contribution in [1.82, 2.24) is 4.98 Å². The molecule has 2 aromatic carbocycles. The van der Waals surface area contributed by atoms with Crippen LogP contribution in [0.15, 0.2) is 51.1 Å². The fourth-order valence-corrected chi connectivity index (χ4v) is 2.55. The number of benzene rings is 2. The van der Waals surface area contributed by atoms with Crippen molar-refractivity contribution in [2.24, 2.45) is 10.2 Å². The highest BCUT2D eigenvalue weighted by atomic mass is 79.9. The van der Waals surface area contributed by atoms with E-state index >= 15 is 0 Å². The van der Waals surface area contributed by atoms with E-state index in [0.717, 1.165) is 32.2 Å². The minimum atomic E-state index is 0.0251. The third-order valence-corrected chi connectivity index (χ3v) is 4.04. The van der Waals surface area contributed by atoms with Gasteiger partial charge in [-0.2, -0.15) is 5.11 Å². The second-order valence-electron chi connectivity index (χ2n) is 4.93. The lowest BCUT2D eigenvalue weighted by Gasteiger charge is -2.01. The van der Waals surface area contributed by atoms with Gasteiger partial charge in [0.2, 0.25) is 5.88 Å². The topological polar surface area (TPSA) is 60.7 Å². The molecule has 0 spiro atoms. The summed E-state index contributed by atoms with van der Waals surface area (Å²) in [7, 11) is 0. The summed E-state index contributed by atoms with van der Waals surface area (Å²) >= 11 is 3.43. The molecule has 0 amide bonds. The van der Waals surface area contributed by atoms with Crippen molar-refractivity contribution in [1.29, 1.82) is 0 Å². The maximum atomic E-state index is 10.0. The molecule has 1 aromatic heterocycles. The predicted octanol–water partition coefficient (Wildman–Crippen LogP) is 5.67. The van der Waals surface area contributed by atoms with Gasteiger partial charge in [0.25, 0.3) is 0 Å². The lowest BCUT2D eigenvalue weighted by Crippen LogP contribution is -1.79. The van der Waals surface area contributed by atoms with E-state index in [1.54, 1.807) is 0 Å². The van der Waals surface area contributed by atoms with E-state index in [0.29, 0.717) is 5.69 Å². The van der Waals surface area contributed by atoms with E-state index in [1.807, 2.05) is 50.2 Å². The predicted molar refractivity (Wildman–Crippen MR) is 87.8 cm³/mol. The number of hydrogen-bond donors (Lipinski definition) is 2. The van der Waals surface area contributed by atoms with Crippen molar-refractivity contribution >= 4 is 38.2 Å². The molecule has 0 saturated heterocycles. The average Bonchev–Trinajstić information content (AvgIpc) is 2.76. The monoisotopic (exact) mass is 343 g/mol. The normalized spacial score (nSPS) is 11.6. The molecule has 21 heavy (non-hydrogen) atoms. The summed E-state index contributed by atoms with van der Waals surface area (Å²) in [6.45, 7) is 4.05. The van der Waals surface area contributed by atoms with E-state index in [9.17, 15) is 5.11 Å². The summed E-state index contributed by atoms with van der Waals surface area (Å²) in [4.78, 5) is 2.90. The van der Waals surface area contributed by atoms with Crippen molar-refractivity contribution in [2.45, 2.75) is 13.8 Å². The molecule has 3 aromatic rings. The smallest absolute Gasteiger partial charge is 0.218 e. The minimum Gasteiger partial charge on any atom is -0.493 e. The lowest BCUT2D eigenvalue weighted by molar-refractivity contribution is 0.459. The third kappa shape index (κ3) is 2.56. The van der Waals surface area contributed by atoms with Gasteiger partial charge < -0.3 is 10.1 Å². The van der Waals surface area contributed by atoms with E-state index in [1.165, 1.54) is 0 Å². The summed E-state index contributed by atoms with van der Waals surface area (Å²) in [5.41, 5.74) is 4.33. The van der Waals surface area contributed by atoms with E-state index in [-0.39, 0.29) is 5.88 Å². The van der Waals surface area contributed by atoms with Gasteiger partial charge in [0.15, 0.2) is 5.69 Å². The average molecular weight is 344 g/mol. The number of aryl methyl sites for hydroxylation is 1. The molecule has 0 radical (unpaired) electrons. The number of rotatable bonds is 2. The largest absolute Gasteiger partial charge is 0.493 e. The van der Waals surface area contributed by atoms with E-state index < -0.39 is 0 Å². The standard InChI is InChI=1S/C16H14BrN3O/c1-9-4-3-5-13(10(9)2)19-20-15-12-8-11(17)6-7-14(12)18-16(15)21/h3-8,18,21H,1-2H3. The van der Waals surface area contributed by atoms with Gasteiger partial charge in [0.05, 0.1) is 11.2 Å². The molecule has 106 valence electrons. The Morgan fingerprint density at radius 1 is 1.10 bits per heavy atom. The second kappa shape index (κ2) is 5.33. The van der Waals surface area contributed by atoms with Gasteiger partial charge in [-0.15, -0.1) is 5.11 Å². The number of fused-ring (bicyclic) bond motifs is 1.